The first-order valence-electron chi connectivity index (χ1n) is 10.9. The van der Waals surface area contributed by atoms with Crippen LogP contribution in [0, 0.1) is 22.7 Å². The predicted molar refractivity (Wildman–Crippen MR) is 120 cm³/mol. The number of nitriles is 1. The molecule has 2 fully saturated rings. The van der Waals surface area contributed by atoms with E-state index in [4.69, 9.17) is 5.26 Å². The number of aromatic amines is 1. The minimum absolute atomic E-state index is 0.0162. The van der Waals surface area contributed by atoms with Gasteiger partial charge in [0.25, 0.3) is 0 Å². The first-order chi connectivity index (χ1) is 15.5. The van der Waals surface area contributed by atoms with Crippen molar-refractivity contribution in [3.05, 3.63) is 54.0 Å². The molecule has 1 saturated carbocycles. The largest absolute Gasteiger partial charge is 0.394 e. The van der Waals surface area contributed by atoms with E-state index < -0.39 is 5.54 Å². The maximum atomic E-state index is 13.4. The molecule has 1 unspecified atom stereocenters. The fourth-order valence-corrected chi connectivity index (χ4v) is 5.00. The van der Waals surface area contributed by atoms with Gasteiger partial charge in [-0.15, -0.1) is 0 Å². The Bertz CT molecular complexity index is 1190. The quantitative estimate of drug-likeness (QED) is 0.572. The second-order valence-corrected chi connectivity index (χ2v) is 9.23. The van der Waals surface area contributed by atoms with Crippen molar-refractivity contribution in [2.24, 2.45) is 11.3 Å². The summed E-state index contributed by atoms with van der Waals surface area (Å²) in [6, 6.07) is 11.1. The lowest BCUT2D eigenvalue weighted by Gasteiger charge is -2.41. The lowest BCUT2D eigenvalue weighted by Crippen LogP contribution is -2.53. The first kappa shape index (κ1) is 20.5. The molecule has 0 bridgehead atoms. The van der Waals surface area contributed by atoms with Crippen LogP contribution in [0.1, 0.15) is 37.3 Å². The minimum atomic E-state index is -0.901. The summed E-state index contributed by atoms with van der Waals surface area (Å²) in [6.45, 7) is 3.13. The maximum absolute atomic E-state index is 13.4. The van der Waals surface area contributed by atoms with Crippen LogP contribution in [0.3, 0.4) is 0 Å². The lowest BCUT2D eigenvalue weighted by atomic mass is 9.80. The fraction of sp³-hybridized carbons (Fsp3) is 0.417. The van der Waals surface area contributed by atoms with Gasteiger partial charge in [-0.2, -0.15) is 5.26 Å². The Morgan fingerprint density at radius 2 is 2.12 bits per heavy atom. The highest BCUT2D eigenvalue weighted by atomic mass is 16.3. The highest BCUT2D eigenvalue weighted by Gasteiger charge is 2.56. The molecule has 0 radical (unpaired) electrons. The van der Waals surface area contributed by atoms with Crippen molar-refractivity contribution in [3.8, 4) is 6.07 Å². The van der Waals surface area contributed by atoms with E-state index in [1.54, 1.807) is 30.6 Å². The lowest BCUT2D eigenvalue weighted by molar-refractivity contribution is -0.130. The number of aliphatic hydroxyl groups is 1. The van der Waals surface area contributed by atoms with E-state index in [0.717, 1.165) is 54.8 Å². The van der Waals surface area contributed by atoms with Crippen LogP contribution in [0.2, 0.25) is 0 Å². The Morgan fingerprint density at radius 3 is 2.81 bits per heavy atom. The highest BCUT2D eigenvalue weighted by molar-refractivity contribution is 5.88. The Hall–Kier alpha value is -3.44. The number of nitrogens with zero attached hydrogens (tertiary/aromatic N) is 4. The number of fused-ring (bicyclic) bond motifs is 1. The average Bonchev–Trinajstić information content (AvgIpc) is 3.40. The van der Waals surface area contributed by atoms with Crippen molar-refractivity contribution >= 4 is 22.8 Å². The highest BCUT2D eigenvalue weighted by Crippen LogP contribution is 2.56. The van der Waals surface area contributed by atoms with Crippen molar-refractivity contribution in [2.45, 2.75) is 31.7 Å². The number of rotatable bonds is 5. The van der Waals surface area contributed by atoms with Crippen LogP contribution < -0.4 is 10.2 Å². The molecule has 5 rings (SSSR count). The van der Waals surface area contributed by atoms with Gasteiger partial charge in [0.15, 0.2) is 0 Å². The third kappa shape index (κ3) is 3.39. The first-order valence-corrected chi connectivity index (χ1v) is 10.9. The molecule has 164 valence electrons. The number of aliphatic hydroxyl groups excluding tert-OH is 1. The number of H-pyrrole nitrogens is 1. The zero-order valence-electron chi connectivity index (χ0n) is 18.0. The van der Waals surface area contributed by atoms with Crippen molar-refractivity contribution < 1.29 is 9.90 Å². The van der Waals surface area contributed by atoms with Crippen molar-refractivity contribution in [2.75, 3.05) is 24.6 Å². The zero-order chi connectivity index (χ0) is 22.3. The molecule has 3 heterocycles. The summed E-state index contributed by atoms with van der Waals surface area (Å²) in [4.78, 5) is 27.6. The zero-order valence-corrected chi connectivity index (χ0v) is 18.0. The van der Waals surface area contributed by atoms with Crippen LogP contribution in [-0.2, 0) is 10.3 Å². The number of carbonyl (C=O) groups excluding carboxylic acids is 1. The number of benzene rings is 1. The summed E-state index contributed by atoms with van der Waals surface area (Å²) in [5.41, 5.74) is 1.19. The summed E-state index contributed by atoms with van der Waals surface area (Å²) >= 11 is 0. The van der Waals surface area contributed by atoms with Crippen molar-refractivity contribution in [3.63, 3.8) is 0 Å². The number of anilines is 1. The molecular formula is C24H26N6O2. The number of hydrogen-bond acceptors (Lipinski definition) is 6. The van der Waals surface area contributed by atoms with Gasteiger partial charge in [0, 0.05) is 25.2 Å². The summed E-state index contributed by atoms with van der Waals surface area (Å²) in [6.07, 6.45) is 6.20. The molecule has 2 aliphatic rings. The Balaban J connectivity index is 1.34. The van der Waals surface area contributed by atoms with Crippen LogP contribution >= 0.6 is 0 Å². The van der Waals surface area contributed by atoms with Gasteiger partial charge in [-0.3, -0.25) is 4.79 Å². The van der Waals surface area contributed by atoms with Gasteiger partial charge in [-0.1, -0.05) is 12.1 Å². The average molecular weight is 431 g/mol. The molecule has 32 heavy (non-hydrogen) atoms. The van der Waals surface area contributed by atoms with Crippen LogP contribution in [-0.4, -0.2) is 45.7 Å². The second kappa shape index (κ2) is 7.61. The molecule has 3 N–H and O–H groups in total. The van der Waals surface area contributed by atoms with Gasteiger partial charge in [0.1, 0.15) is 17.8 Å². The third-order valence-electron chi connectivity index (χ3n) is 7.14. The molecule has 1 saturated heterocycles. The summed E-state index contributed by atoms with van der Waals surface area (Å²) < 4.78 is 0. The SMILES string of the molecule is C[C@@](CO)(NC(=O)C1CCN(c2ncnc3[nH]ccc23)CC12CC2)c1ccc(C#N)cc1. The fourth-order valence-electron chi connectivity index (χ4n) is 5.00. The van der Waals surface area contributed by atoms with E-state index in [1.807, 2.05) is 19.2 Å². The third-order valence-corrected chi connectivity index (χ3v) is 7.14. The van der Waals surface area contributed by atoms with Crippen molar-refractivity contribution in [1.82, 2.24) is 20.3 Å². The van der Waals surface area contributed by atoms with Crippen LogP contribution in [0.15, 0.2) is 42.9 Å². The van der Waals surface area contributed by atoms with Gasteiger partial charge >= 0.3 is 0 Å². The molecule has 3 aromatic rings. The van der Waals surface area contributed by atoms with E-state index in [9.17, 15) is 9.90 Å². The normalized spacial score (nSPS) is 21.2. The molecule has 1 aliphatic carbocycles. The Kier molecular flexibility index (Phi) is 4.86. The molecule has 8 nitrogen and oxygen atoms in total. The van der Waals surface area contributed by atoms with Gasteiger partial charge < -0.3 is 20.3 Å². The molecule has 1 aromatic carbocycles. The number of amides is 1. The van der Waals surface area contributed by atoms with Crippen LogP contribution in [0.25, 0.3) is 11.0 Å². The molecule has 2 atom stereocenters. The van der Waals surface area contributed by atoms with E-state index in [2.05, 4.69) is 31.2 Å². The van der Waals surface area contributed by atoms with Gasteiger partial charge in [-0.05, 0) is 55.4 Å². The van der Waals surface area contributed by atoms with Gasteiger partial charge in [0.05, 0.1) is 29.2 Å². The van der Waals surface area contributed by atoms with Crippen LogP contribution in [0.4, 0.5) is 5.82 Å². The Labute approximate surface area is 186 Å². The molecule has 1 aliphatic heterocycles. The number of hydrogen-bond donors (Lipinski definition) is 3. The summed E-state index contributed by atoms with van der Waals surface area (Å²) in [7, 11) is 0. The van der Waals surface area contributed by atoms with Gasteiger partial charge in [0.2, 0.25) is 5.91 Å². The number of piperidine rings is 1. The molecule has 1 spiro atoms. The smallest absolute Gasteiger partial charge is 0.224 e. The van der Waals surface area contributed by atoms with E-state index >= 15 is 0 Å². The maximum Gasteiger partial charge on any atom is 0.224 e. The molecular weight excluding hydrogens is 404 g/mol. The topological polar surface area (TPSA) is 118 Å². The predicted octanol–water partition coefficient (Wildman–Crippen LogP) is 2.46. The summed E-state index contributed by atoms with van der Waals surface area (Å²) in [5, 5.41) is 23.3. The van der Waals surface area contributed by atoms with Gasteiger partial charge in [-0.25, -0.2) is 9.97 Å². The standard InChI is InChI=1S/C24H26N6O2/c1-23(14-31,17-4-2-16(12-25)3-5-17)29-22(32)19-7-11-30(13-24(19)8-9-24)21-18-6-10-26-20(18)27-15-28-21/h2-6,10,15,19,31H,7-9,11,13-14H2,1H3,(H,29,32)(H,26,27,28)/t19?,23-/m0/s1. The number of nitrogens with one attached hydrogen (secondary N) is 2. The van der Waals surface area contributed by atoms with E-state index in [1.165, 1.54) is 0 Å². The second-order valence-electron chi connectivity index (χ2n) is 9.23. The number of carbonyl (C=O) groups is 1. The molecule has 2 aromatic heterocycles. The minimum Gasteiger partial charge on any atom is -0.394 e. The van der Waals surface area contributed by atoms with E-state index in [0.29, 0.717) is 5.56 Å². The van der Waals surface area contributed by atoms with E-state index in [-0.39, 0.29) is 23.8 Å². The van der Waals surface area contributed by atoms with Crippen LogP contribution in [0.5, 0.6) is 0 Å². The Morgan fingerprint density at radius 1 is 1.34 bits per heavy atom. The van der Waals surface area contributed by atoms with Crippen molar-refractivity contribution in [1.29, 1.82) is 5.26 Å². The monoisotopic (exact) mass is 430 g/mol. The summed E-state index contributed by atoms with van der Waals surface area (Å²) in [5.74, 6) is 0.795. The molecule has 8 heteroatoms. The molecule has 1 amide bonds. The number of aromatic nitrogens is 3.